The summed E-state index contributed by atoms with van der Waals surface area (Å²) < 4.78 is 23.3. The van der Waals surface area contributed by atoms with Gasteiger partial charge in [0.2, 0.25) is 5.88 Å². The summed E-state index contributed by atoms with van der Waals surface area (Å²) in [6, 6.07) is 9.34. The van der Waals surface area contributed by atoms with E-state index in [0.29, 0.717) is 18.1 Å². The highest BCUT2D eigenvalue weighted by Crippen LogP contribution is 2.39. The van der Waals surface area contributed by atoms with Crippen molar-refractivity contribution in [3.63, 3.8) is 0 Å². The van der Waals surface area contributed by atoms with Crippen LogP contribution in [0.3, 0.4) is 0 Å². The number of rotatable bonds is 4. The zero-order valence-corrected chi connectivity index (χ0v) is 17.4. The maximum Gasteiger partial charge on any atom is 0.222 e. The van der Waals surface area contributed by atoms with E-state index < -0.39 is 0 Å². The van der Waals surface area contributed by atoms with Crippen molar-refractivity contribution in [3.05, 3.63) is 54.2 Å². The first-order valence-electron chi connectivity index (χ1n) is 10.5. The largest absolute Gasteiger partial charge is 0.474 e. The number of nitrogens with zero attached hydrogens (tertiary/aromatic N) is 5. The highest BCUT2D eigenvalue weighted by Gasteiger charge is 2.29. The smallest absolute Gasteiger partial charge is 0.222 e. The molecule has 0 spiro atoms. The number of ether oxygens (including phenoxy) is 1. The van der Waals surface area contributed by atoms with Gasteiger partial charge in [-0.1, -0.05) is 6.07 Å². The molecule has 0 radical (unpaired) electrons. The van der Waals surface area contributed by atoms with Crippen LogP contribution in [-0.2, 0) is 13.5 Å². The highest BCUT2D eigenvalue weighted by molar-refractivity contribution is 5.71. The monoisotopic (exact) mass is 407 g/mol. The molecule has 0 bridgehead atoms. The molecule has 1 fully saturated rings. The minimum Gasteiger partial charge on any atom is -0.474 e. The minimum atomic E-state index is -0.252. The van der Waals surface area contributed by atoms with Gasteiger partial charge in [0.25, 0.3) is 0 Å². The second-order valence-corrected chi connectivity index (χ2v) is 8.17. The Kier molecular flexibility index (Phi) is 4.90. The van der Waals surface area contributed by atoms with Gasteiger partial charge in [0.05, 0.1) is 11.3 Å². The van der Waals surface area contributed by atoms with Crippen molar-refractivity contribution in [1.29, 1.82) is 0 Å². The second-order valence-electron chi connectivity index (χ2n) is 8.17. The number of aryl methyl sites for hydroxylation is 1. The average molecular weight is 407 g/mol. The predicted molar refractivity (Wildman–Crippen MR) is 115 cm³/mol. The lowest BCUT2D eigenvalue weighted by molar-refractivity contribution is 0.109. The van der Waals surface area contributed by atoms with Gasteiger partial charge in [0.1, 0.15) is 24.1 Å². The molecule has 156 valence electrons. The van der Waals surface area contributed by atoms with E-state index in [-0.39, 0.29) is 11.9 Å². The molecule has 2 aliphatic heterocycles. The van der Waals surface area contributed by atoms with Crippen LogP contribution in [0, 0.1) is 5.82 Å². The lowest BCUT2D eigenvalue weighted by atomic mass is 10.1. The molecule has 2 aliphatic rings. The molecule has 1 saturated heterocycles. The van der Waals surface area contributed by atoms with Crippen LogP contribution in [0.1, 0.15) is 18.4 Å². The summed E-state index contributed by atoms with van der Waals surface area (Å²) in [6.07, 6.45) is 6.40. The van der Waals surface area contributed by atoms with E-state index in [2.05, 4.69) is 21.9 Å². The molecule has 0 amide bonds. The fourth-order valence-corrected chi connectivity index (χ4v) is 4.41. The van der Waals surface area contributed by atoms with Gasteiger partial charge in [-0.25, -0.2) is 14.4 Å². The van der Waals surface area contributed by atoms with Crippen molar-refractivity contribution in [1.82, 2.24) is 19.4 Å². The first-order chi connectivity index (χ1) is 14.6. The van der Waals surface area contributed by atoms with Gasteiger partial charge in [0.15, 0.2) is 0 Å². The van der Waals surface area contributed by atoms with Crippen LogP contribution in [0.4, 0.5) is 15.9 Å². The first kappa shape index (κ1) is 19.1. The molecule has 30 heavy (non-hydrogen) atoms. The van der Waals surface area contributed by atoms with Crippen LogP contribution < -0.4 is 9.64 Å². The number of piperidine rings is 1. The number of hydrogen-bond donors (Lipinski definition) is 0. The number of likely N-dealkylation sites (tertiary alicyclic amines) is 1. The van der Waals surface area contributed by atoms with Crippen LogP contribution in [-0.4, -0.2) is 52.2 Å². The summed E-state index contributed by atoms with van der Waals surface area (Å²) in [5.41, 5.74) is 3.36. The van der Waals surface area contributed by atoms with E-state index in [1.165, 1.54) is 6.33 Å². The Morgan fingerprint density at radius 1 is 1.07 bits per heavy atom. The predicted octanol–water partition coefficient (Wildman–Crippen LogP) is 3.79. The van der Waals surface area contributed by atoms with E-state index in [4.69, 9.17) is 4.74 Å². The van der Waals surface area contributed by atoms with E-state index in [1.807, 2.05) is 47.0 Å². The van der Waals surface area contributed by atoms with Crippen LogP contribution in [0.5, 0.6) is 5.88 Å². The Balaban J connectivity index is 1.41. The molecule has 0 unspecified atom stereocenters. The maximum atomic E-state index is 15.1. The molecule has 0 N–H and O–H groups in total. The fraction of sp³-hybridized carbons (Fsp3) is 0.391. The third-order valence-corrected chi connectivity index (χ3v) is 6.15. The van der Waals surface area contributed by atoms with Crippen molar-refractivity contribution < 1.29 is 9.13 Å². The molecule has 0 atom stereocenters. The molecular weight excluding hydrogens is 381 g/mol. The number of benzene rings is 1. The summed E-state index contributed by atoms with van der Waals surface area (Å²) in [4.78, 5) is 13.1. The van der Waals surface area contributed by atoms with Gasteiger partial charge in [-0.15, -0.1) is 0 Å². The van der Waals surface area contributed by atoms with Gasteiger partial charge >= 0.3 is 0 Å². The van der Waals surface area contributed by atoms with Crippen molar-refractivity contribution in [2.75, 3.05) is 31.6 Å². The third kappa shape index (κ3) is 3.43. The SMILES string of the molecule is CN1CCC(Oc2ncnc3c2CCN3c2ccc(-c3cccn3C)cc2F)CC1. The summed E-state index contributed by atoms with van der Waals surface area (Å²) in [6.45, 7) is 2.73. The van der Waals surface area contributed by atoms with Gasteiger partial charge in [0, 0.05) is 44.1 Å². The van der Waals surface area contributed by atoms with E-state index >= 15 is 4.39 Å². The van der Waals surface area contributed by atoms with Crippen LogP contribution in [0.15, 0.2) is 42.9 Å². The first-order valence-corrected chi connectivity index (χ1v) is 10.5. The number of hydrogen-bond acceptors (Lipinski definition) is 5. The zero-order chi connectivity index (χ0) is 20.7. The summed E-state index contributed by atoms with van der Waals surface area (Å²) in [7, 11) is 4.09. The molecule has 5 rings (SSSR count). The second kappa shape index (κ2) is 7.72. The highest BCUT2D eigenvalue weighted by atomic mass is 19.1. The molecule has 3 aromatic rings. The normalized spacial score (nSPS) is 17.4. The Morgan fingerprint density at radius 2 is 1.90 bits per heavy atom. The lowest BCUT2D eigenvalue weighted by Crippen LogP contribution is -2.35. The van der Waals surface area contributed by atoms with E-state index in [9.17, 15) is 0 Å². The number of anilines is 2. The van der Waals surface area contributed by atoms with E-state index in [0.717, 1.165) is 55.0 Å². The molecular formula is C23H26FN5O. The number of fused-ring (bicyclic) bond motifs is 1. The van der Waals surface area contributed by atoms with Gasteiger partial charge in [-0.2, -0.15) is 0 Å². The summed E-state index contributed by atoms with van der Waals surface area (Å²) in [5.74, 6) is 1.15. The molecule has 0 saturated carbocycles. The standard InChI is InChI=1S/C23H26FN5O/c1-27-11-7-17(8-12-27)30-23-18-9-13-29(22(18)25-15-26-23)21-6-5-16(14-19(21)24)20-4-3-10-28(20)2/h3-6,10,14-15,17H,7-9,11-13H2,1-2H3. The Bertz CT molecular complexity index is 1060. The molecule has 0 aliphatic carbocycles. The topological polar surface area (TPSA) is 46.4 Å². The zero-order valence-electron chi connectivity index (χ0n) is 17.4. The Hall–Kier alpha value is -2.93. The fourth-order valence-electron chi connectivity index (χ4n) is 4.41. The van der Waals surface area contributed by atoms with Gasteiger partial charge in [-0.3, -0.25) is 0 Å². The average Bonchev–Trinajstić information content (AvgIpc) is 3.36. The number of aromatic nitrogens is 3. The van der Waals surface area contributed by atoms with E-state index in [1.54, 1.807) is 6.07 Å². The van der Waals surface area contributed by atoms with Crippen molar-refractivity contribution in [2.24, 2.45) is 7.05 Å². The van der Waals surface area contributed by atoms with Gasteiger partial charge < -0.3 is 19.1 Å². The summed E-state index contributed by atoms with van der Waals surface area (Å²) in [5, 5.41) is 0. The quantitative estimate of drug-likeness (QED) is 0.659. The minimum absolute atomic E-state index is 0.176. The molecule has 4 heterocycles. The Labute approximate surface area is 175 Å². The summed E-state index contributed by atoms with van der Waals surface area (Å²) >= 11 is 0. The third-order valence-electron chi connectivity index (χ3n) is 6.15. The van der Waals surface area contributed by atoms with Crippen molar-refractivity contribution in [3.8, 4) is 17.1 Å². The molecule has 6 nitrogen and oxygen atoms in total. The molecule has 1 aromatic carbocycles. The van der Waals surface area contributed by atoms with Crippen molar-refractivity contribution in [2.45, 2.75) is 25.4 Å². The lowest BCUT2D eigenvalue weighted by Gasteiger charge is -2.29. The van der Waals surface area contributed by atoms with Crippen molar-refractivity contribution >= 4 is 11.5 Å². The Morgan fingerprint density at radius 3 is 2.63 bits per heavy atom. The maximum absolute atomic E-state index is 15.1. The van der Waals surface area contributed by atoms with Crippen LogP contribution in [0.2, 0.25) is 0 Å². The number of halogens is 1. The molecule has 7 heteroatoms. The van der Waals surface area contributed by atoms with Gasteiger partial charge in [-0.05, 0) is 50.6 Å². The molecule has 2 aromatic heterocycles. The van der Waals surface area contributed by atoms with Crippen LogP contribution in [0.25, 0.3) is 11.3 Å². The van der Waals surface area contributed by atoms with Crippen LogP contribution >= 0.6 is 0 Å².